The SMILES string of the molecule is Oc1cccc(Nc2nc(-c3ccncc3)nc3ccccc23)c1. The van der Waals surface area contributed by atoms with Crippen LogP contribution in [0.4, 0.5) is 11.5 Å². The third-order valence-electron chi connectivity index (χ3n) is 3.65. The van der Waals surface area contributed by atoms with Gasteiger partial charge in [0.2, 0.25) is 0 Å². The minimum absolute atomic E-state index is 0.202. The molecular formula is C19H14N4O. The van der Waals surface area contributed by atoms with Crippen LogP contribution in [0, 0.1) is 0 Å². The summed E-state index contributed by atoms with van der Waals surface area (Å²) in [6.45, 7) is 0. The highest BCUT2D eigenvalue weighted by Gasteiger charge is 2.09. The molecule has 2 aromatic carbocycles. The zero-order chi connectivity index (χ0) is 16.4. The fourth-order valence-electron chi connectivity index (χ4n) is 2.52. The number of hydrogen-bond acceptors (Lipinski definition) is 5. The van der Waals surface area contributed by atoms with Crippen LogP contribution in [0.3, 0.4) is 0 Å². The van der Waals surface area contributed by atoms with Crippen molar-refractivity contribution in [2.24, 2.45) is 0 Å². The molecule has 5 nitrogen and oxygen atoms in total. The lowest BCUT2D eigenvalue weighted by atomic mass is 10.2. The van der Waals surface area contributed by atoms with Gasteiger partial charge in [-0.25, -0.2) is 9.97 Å². The van der Waals surface area contributed by atoms with E-state index >= 15 is 0 Å². The van der Waals surface area contributed by atoms with E-state index in [1.54, 1.807) is 30.6 Å². The molecule has 0 aliphatic carbocycles. The fraction of sp³-hybridized carbons (Fsp3) is 0. The minimum atomic E-state index is 0.202. The number of hydrogen-bond donors (Lipinski definition) is 2. The van der Waals surface area contributed by atoms with Crippen LogP contribution >= 0.6 is 0 Å². The molecule has 0 atom stereocenters. The van der Waals surface area contributed by atoms with Crippen LogP contribution in [-0.2, 0) is 0 Å². The first kappa shape index (κ1) is 14.1. The maximum absolute atomic E-state index is 9.66. The molecule has 0 bridgehead atoms. The van der Waals surface area contributed by atoms with Crippen LogP contribution in [0.1, 0.15) is 0 Å². The second-order valence-corrected chi connectivity index (χ2v) is 5.32. The van der Waals surface area contributed by atoms with Crippen LogP contribution in [0.2, 0.25) is 0 Å². The van der Waals surface area contributed by atoms with E-state index in [0.29, 0.717) is 11.6 Å². The maximum atomic E-state index is 9.66. The molecule has 0 aliphatic heterocycles. The van der Waals surface area contributed by atoms with E-state index in [0.717, 1.165) is 22.2 Å². The number of anilines is 2. The normalized spacial score (nSPS) is 10.7. The van der Waals surface area contributed by atoms with Crippen molar-refractivity contribution in [3.63, 3.8) is 0 Å². The largest absolute Gasteiger partial charge is 0.508 e. The molecule has 0 fully saturated rings. The Morgan fingerprint density at radius 1 is 0.833 bits per heavy atom. The number of aromatic nitrogens is 3. The molecule has 2 N–H and O–H groups in total. The van der Waals surface area contributed by atoms with Gasteiger partial charge in [-0.3, -0.25) is 4.98 Å². The zero-order valence-corrected chi connectivity index (χ0v) is 12.7. The summed E-state index contributed by atoms with van der Waals surface area (Å²) in [5, 5.41) is 13.8. The van der Waals surface area contributed by atoms with Crippen molar-refractivity contribution in [1.82, 2.24) is 15.0 Å². The lowest BCUT2D eigenvalue weighted by molar-refractivity contribution is 0.475. The van der Waals surface area contributed by atoms with E-state index < -0.39 is 0 Å². The number of nitrogens with one attached hydrogen (secondary N) is 1. The van der Waals surface area contributed by atoms with Gasteiger partial charge in [-0.1, -0.05) is 18.2 Å². The Hall–Kier alpha value is -3.47. The van der Waals surface area contributed by atoms with Crippen LogP contribution in [0.25, 0.3) is 22.3 Å². The van der Waals surface area contributed by atoms with Gasteiger partial charge >= 0.3 is 0 Å². The van der Waals surface area contributed by atoms with Gasteiger partial charge in [0.1, 0.15) is 11.6 Å². The van der Waals surface area contributed by atoms with Crippen molar-refractivity contribution < 1.29 is 5.11 Å². The third kappa shape index (κ3) is 2.75. The summed E-state index contributed by atoms with van der Waals surface area (Å²) in [4.78, 5) is 13.3. The van der Waals surface area contributed by atoms with Gasteiger partial charge in [0.05, 0.1) is 5.52 Å². The summed E-state index contributed by atoms with van der Waals surface area (Å²) in [5.41, 5.74) is 2.51. The van der Waals surface area contributed by atoms with E-state index in [4.69, 9.17) is 0 Å². The van der Waals surface area contributed by atoms with Crippen molar-refractivity contribution in [1.29, 1.82) is 0 Å². The van der Waals surface area contributed by atoms with E-state index in [9.17, 15) is 5.11 Å². The van der Waals surface area contributed by atoms with E-state index in [1.165, 1.54) is 0 Å². The van der Waals surface area contributed by atoms with Gasteiger partial charge in [-0.05, 0) is 36.4 Å². The molecule has 0 saturated carbocycles. The number of benzene rings is 2. The highest BCUT2D eigenvalue weighted by Crippen LogP contribution is 2.28. The number of phenolic OH excluding ortho intramolecular Hbond substituents is 1. The molecule has 2 heterocycles. The summed E-state index contributed by atoms with van der Waals surface area (Å²) >= 11 is 0. The van der Waals surface area contributed by atoms with Crippen molar-refractivity contribution in [2.45, 2.75) is 0 Å². The molecule has 4 rings (SSSR count). The molecule has 0 aliphatic rings. The summed E-state index contributed by atoms with van der Waals surface area (Å²) in [5.74, 6) is 1.52. The molecule has 4 aromatic rings. The molecule has 0 radical (unpaired) electrons. The zero-order valence-electron chi connectivity index (χ0n) is 12.7. The average Bonchev–Trinajstić information content (AvgIpc) is 2.62. The van der Waals surface area contributed by atoms with Crippen molar-refractivity contribution in [3.8, 4) is 17.1 Å². The lowest BCUT2D eigenvalue weighted by Crippen LogP contribution is -1.99. The molecule has 0 unspecified atom stereocenters. The summed E-state index contributed by atoms with van der Waals surface area (Å²) in [6.07, 6.45) is 3.44. The topological polar surface area (TPSA) is 70.9 Å². The predicted octanol–water partition coefficient (Wildman–Crippen LogP) is 4.14. The monoisotopic (exact) mass is 314 g/mol. The number of pyridine rings is 1. The van der Waals surface area contributed by atoms with Crippen molar-refractivity contribution in [3.05, 3.63) is 73.1 Å². The number of para-hydroxylation sites is 1. The van der Waals surface area contributed by atoms with E-state index in [1.807, 2.05) is 42.5 Å². The molecule has 0 amide bonds. The first-order valence-corrected chi connectivity index (χ1v) is 7.53. The Balaban J connectivity index is 1.86. The van der Waals surface area contributed by atoms with Crippen LogP contribution in [-0.4, -0.2) is 20.1 Å². The lowest BCUT2D eigenvalue weighted by Gasteiger charge is -2.11. The second kappa shape index (κ2) is 5.96. The molecular weight excluding hydrogens is 300 g/mol. The van der Waals surface area contributed by atoms with Gasteiger partial charge in [0, 0.05) is 35.1 Å². The molecule has 116 valence electrons. The number of rotatable bonds is 3. The summed E-state index contributed by atoms with van der Waals surface area (Å²) < 4.78 is 0. The fourth-order valence-corrected chi connectivity index (χ4v) is 2.52. The smallest absolute Gasteiger partial charge is 0.162 e. The molecule has 5 heteroatoms. The van der Waals surface area contributed by atoms with Crippen molar-refractivity contribution in [2.75, 3.05) is 5.32 Å². The Morgan fingerprint density at radius 2 is 1.67 bits per heavy atom. The maximum Gasteiger partial charge on any atom is 0.162 e. The van der Waals surface area contributed by atoms with Gasteiger partial charge in [0.15, 0.2) is 5.82 Å². The minimum Gasteiger partial charge on any atom is -0.508 e. The van der Waals surface area contributed by atoms with Gasteiger partial charge in [-0.15, -0.1) is 0 Å². The first-order valence-electron chi connectivity index (χ1n) is 7.53. The Bertz CT molecular complexity index is 1000. The van der Waals surface area contributed by atoms with Crippen LogP contribution in [0.5, 0.6) is 5.75 Å². The summed E-state index contributed by atoms with van der Waals surface area (Å²) in [7, 11) is 0. The average molecular weight is 314 g/mol. The standard InChI is InChI=1S/C19H14N4O/c24-15-5-3-4-14(12-15)21-19-16-6-1-2-7-17(16)22-18(23-19)13-8-10-20-11-9-13/h1-12,24H,(H,21,22,23). The van der Waals surface area contributed by atoms with Crippen LogP contribution < -0.4 is 5.32 Å². The molecule has 2 aromatic heterocycles. The highest BCUT2D eigenvalue weighted by molar-refractivity contribution is 5.92. The van der Waals surface area contributed by atoms with Gasteiger partial charge in [-0.2, -0.15) is 0 Å². The molecule has 0 spiro atoms. The Morgan fingerprint density at radius 3 is 2.50 bits per heavy atom. The Labute approximate surface area is 138 Å². The quantitative estimate of drug-likeness (QED) is 0.594. The number of fused-ring (bicyclic) bond motifs is 1. The first-order chi connectivity index (χ1) is 11.8. The molecule has 24 heavy (non-hydrogen) atoms. The van der Waals surface area contributed by atoms with Gasteiger partial charge in [0.25, 0.3) is 0 Å². The molecule has 0 saturated heterocycles. The predicted molar refractivity (Wildman–Crippen MR) is 94.2 cm³/mol. The van der Waals surface area contributed by atoms with E-state index in [-0.39, 0.29) is 5.75 Å². The number of nitrogens with zero attached hydrogens (tertiary/aromatic N) is 3. The van der Waals surface area contributed by atoms with Crippen LogP contribution in [0.15, 0.2) is 73.1 Å². The van der Waals surface area contributed by atoms with E-state index in [2.05, 4.69) is 20.3 Å². The second-order valence-electron chi connectivity index (χ2n) is 5.32. The number of phenols is 1. The third-order valence-corrected chi connectivity index (χ3v) is 3.65. The summed E-state index contributed by atoms with van der Waals surface area (Å²) in [6, 6.07) is 18.5. The Kier molecular flexibility index (Phi) is 3.51. The number of aromatic hydroxyl groups is 1. The van der Waals surface area contributed by atoms with Gasteiger partial charge < -0.3 is 10.4 Å². The van der Waals surface area contributed by atoms with Crippen molar-refractivity contribution >= 4 is 22.4 Å². The highest BCUT2D eigenvalue weighted by atomic mass is 16.3.